The zero-order chi connectivity index (χ0) is 15.6. The number of piperazine rings is 1. The zero-order valence-electron chi connectivity index (χ0n) is 12.7. The van der Waals surface area contributed by atoms with Gasteiger partial charge in [0.1, 0.15) is 4.90 Å². The fourth-order valence-corrected chi connectivity index (χ4v) is 4.50. The van der Waals surface area contributed by atoms with Crippen LogP contribution in [0.25, 0.3) is 0 Å². The van der Waals surface area contributed by atoms with Crippen LogP contribution in [0.2, 0.25) is 0 Å². The highest BCUT2D eigenvalue weighted by Gasteiger charge is 2.30. The van der Waals surface area contributed by atoms with Crippen molar-refractivity contribution in [2.45, 2.75) is 43.0 Å². The molecule has 0 bridgehead atoms. The fourth-order valence-electron chi connectivity index (χ4n) is 3.79. The molecule has 0 aromatic heterocycles. The van der Waals surface area contributed by atoms with Crippen LogP contribution in [-0.2, 0) is 10.1 Å². The fraction of sp³-hybridized carbons (Fsp3) is 0.625. The van der Waals surface area contributed by atoms with Gasteiger partial charge in [0.25, 0.3) is 10.1 Å². The second-order valence-corrected chi connectivity index (χ2v) is 7.74. The predicted molar refractivity (Wildman–Crippen MR) is 86.8 cm³/mol. The number of nitrogens with one attached hydrogen (secondary N) is 1. The number of para-hydroxylation sites is 1. The molecule has 1 aromatic rings. The van der Waals surface area contributed by atoms with Crippen molar-refractivity contribution in [1.82, 2.24) is 5.32 Å². The second kappa shape index (κ2) is 6.56. The number of rotatable bonds is 3. The van der Waals surface area contributed by atoms with Crippen molar-refractivity contribution in [2.75, 3.05) is 24.5 Å². The van der Waals surface area contributed by atoms with Gasteiger partial charge in [0.15, 0.2) is 0 Å². The Kier molecular flexibility index (Phi) is 4.70. The molecule has 3 rings (SSSR count). The standard InChI is InChI=1S/C16H24N2O3S/c19-22(20,21)16-9-5-4-8-15(16)18-11-10-17-14(12-18)13-6-2-1-3-7-13/h4-5,8-9,13-14,17H,1-3,6-7,10-12H2,(H,19,20,21). The molecular formula is C16H24N2O3S. The quantitative estimate of drug-likeness (QED) is 0.835. The van der Waals surface area contributed by atoms with E-state index in [9.17, 15) is 13.0 Å². The highest BCUT2D eigenvalue weighted by atomic mass is 32.2. The number of benzene rings is 1. The van der Waals surface area contributed by atoms with Gasteiger partial charge in [0.2, 0.25) is 0 Å². The van der Waals surface area contributed by atoms with Crippen LogP contribution in [0.3, 0.4) is 0 Å². The van der Waals surface area contributed by atoms with E-state index in [0.29, 0.717) is 17.6 Å². The minimum absolute atomic E-state index is 0.0132. The van der Waals surface area contributed by atoms with Gasteiger partial charge in [0.05, 0.1) is 5.69 Å². The molecule has 2 aliphatic rings. The lowest BCUT2D eigenvalue weighted by molar-refractivity contribution is 0.257. The van der Waals surface area contributed by atoms with Crippen LogP contribution in [0.5, 0.6) is 0 Å². The van der Waals surface area contributed by atoms with E-state index in [4.69, 9.17) is 0 Å². The molecule has 6 heteroatoms. The largest absolute Gasteiger partial charge is 0.368 e. The average molecular weight is 324 g/mol. The molecule has 1 saturated heterocycles. The topological polar surface area (TPSA) is 69.6 Å². The van der Waals surface area contributed by atoms with Crippen LogP contribution in [0.15, 0.2) is 29.2 Å². The van der Waals surface area contributed by atoms with E-state index in [1.165, 1.54) is 38.2 Å². The van der Waals surface area contributed by atoms with Crippen molar-refractivity contribution >= 4 is 15.8 Å². The molecule has 0 radical (unpaired) electrons. The number of anilines is 1. The van der Waals surface area contributed by atoms with E-state index in [-0.39, 0.29) is 4.90 Å². The van der Waals surface area contributed by atoms with Gasteiger partial charge in [-0.1, -0.05) is 31.4 Å². The number of hydrogen-bond acceptors (Lipinski definition) is 4. The summed E-state index contributed by atoms with van der Waals surface area (Å²) in [7, 11) is -4.19. The molecule has 0 amide bonds. The molecule has 5 nitrogen and oxygen atoms in total. The highest BCUT2D eigenvalue weighted by molar-refractivity contribution is 7.86. The Morgan fingerprint density at radius 3 is 2.59 bits per heavy atom. The van der Waals surface area contributed by atoms with Crippen LogP contribution >= 0.6 is 0 Å². The molecule has 1 aromatic carbocycles. The summed E-state index contributed by atoms with van der Waals surface area (Å²) in [6.07, 6.45) is 6.43. The van der Waals surface area contributed by atoms with Crippen molar-refractivity contribution < 1.29 is 13.0 Å². The summed E-state index contributed by atoms with van der Waals surface area (Å²) in [5, 5.41) is 3.59. The van der Waals surface area contributed by atoms with Crippen molar-refractivity contribution in [3.05, 3.63) is 24.3 Å². The summed E-state index contributed by atoms with van der Waals surface area (Å²) in [5.74, 6) is 0.675. The van der Waals surface area contributed by atoms with Gasteiger partial charge in [-0.3, -0.25) is 4.55 Å². The molecule has 1 aliphatic heterocycles. The molecule has 1 unspecified atom stereocenters. The Balaban J connectivity index is 1.80. The summed E-state index contributed by atoms with van der Waals surface area (Å²) < 4.78 is 32.6. The van der Waals surface area contributed by atoms with E-state index in [1.807, 2.05) is 6.07 Å². The Labute approximate surface area is 132 Å². The van der Waals surface area contributed by atoms with E-state index in [0.717, 1.165) is 19.6 Å². The molecule has 122 valence electrons. The predicted octanol–water partition coefficient (Wildman–Crippen LogP) is 2.29. The minimum atomic E-state index is -4.19. The van der Waals surface area contributed by atoms with Crippen molar-refractivity contribution in [3.8, 4) is 0 Å². The lowest BCUT2D eigenvalue weighted by Crippen LogP contribution is -2.54. The summed E-state index contributed by atoms with van der Waals surface area (Å²) in [6, 6.07) is 7.13. The second-order valence-electron chi connectivity index (χ2n) is 6.35. The molecule has 1 heterocycles. The summed E-state index contributed by atoms with van der Waals surface area (Å²) in [5.41, 5.74) is 0.618. The van der Waals surface area contributed by atoms with Gasteiger partial charge < -0.3 is 10.2 Å². The van der Waals surface area contributed by atoms with Gasteiger partial charge in [-0.15, -0.1) is 0 Å². The van der Waals surface area contributed by atoms with Crippen LogP contribution in [-0.4, -0.2) is 38.6 Å². The zero-order valence-corrected chi connectivity index (χ0v) is 13.6. The normalized spacial score (nSPS) is 24.4. The molecular weight excluding hydrogens is 300 g/mol. The molecule has 2 fully saturated rings. The third-order valence-corrected chi connectivity index (χ3v) is 5.81. The Bertz CT molecular complexity index is 612. The number of hydrogen-bond donors (Lipinski definition) is 2. The first-order chi connectivity index (χ1) is 10.6. The maximum atomic E-state index is 11.6. The first-order valence-electron chi connectivity index (χ1n) is 8.10. The van der Waals surface area contributed by atoms with E-state index in [1.54, 1.807) is 12.1 Å². The summed E-state index contributed by atoms with van der Waals surface area (Å²) in [6.45, 7) is 2.41. The first-order valence-corrected chi connectivity index (χ1v) is 9.54. The molecule has 2 N–H and O–H groups in total. The first kappa shape index (κ1) is 15.8. The lowest BCUT2D eigenvalue weighted by Gasteiger charge is -2.40. The molecule has 0 spiro atoms. The summed E-state index contributed by atoms with van der Waals surface area (Å²) in [4.78, 5) is 2.11. The maximum Gasteiger partial charge on any atom is 0.296 e. The van der Waals surface area contributed by atoms with Crippen molar-refractivity contribution in [3.63, 3.8) is 0 Å². The summed E-state index contributed by atoms with van der Waals surface area (Å²) >= 11 is 0. The highest BCUT2D eigenvalue weighted by Crippen LogP contribution is 2.30. The molecule has 22 heavy (non-hydrogen) atoms. The van der Waals surface area contributed by atoms with Crippen LogP contribution in [0.1, 0.15) is 32.1 Å². The van der Waals surface area contributed by atoms with Crippen LogP contribution < -0.4 is 10.2 Å². The Hall–Kier alpha value is -1.11. The van der Waals surface area contributed by atoms with Gasteiger partial charge in [-0.2, -0.15) is 8.42 Å². The van der Waals surface area contributed by atoms with Gasteiger partial charge >= 0.3 is 0 Å². The van der Waals surface area contributed by atoms with Gasteiger partial charge in [-0.25, -0.2) is 0 Å². The van der Waals surface area contributed by atoms with Crippen molar-refractivity contribution in [2.24, 2.45) is 5.92 Å². The van der Waals surface area contributed by atoms with Gasteiger partial charge in [-0.05, 0) is 30.9 Å². The SMILES string of the molecule is O=S(=O)(O)c1ccccc1N1CCNC(C2CCCCC2)C1. The molecule has 1 atom stereocenters. The molecule has 1 aliphatic carbocycles. The lowest BCUT2D eigenvalue weighted by atomic mass is 9.83. The van der Waals surface area contributed by atoms with E-state index < -0.39 is 10.1 Å². The van der Waals surface area contributed by atoms with Gasteiger partial charge in [0, 0.05) is 25.7 Å². The Morgan fingerprint density at radius 1 is 1.14 bits per heavy atom. The smallest absolute Gasteiger partial charge is 0.296 e. The maximum absolute atomic E-state index is 11.6. The number of nitrogens with zero attached hydrogens (tertiary/aromatic N) is 1. The van der Waals surface area contributed by atoms with Crippen LogP contribution in [0.4, 0.5) is 5.69 Å². The van der Waals surface area contributed by atoms with E-state index in [2.05, 4.69) is 10.2 Å². The third kappa shape index (κ3) is 3.45. The van der Waals surface area contributed by atoms with E-state index >= 15 is 0 Å². The Morgan fingerprint density at radius 2 is 1.86 bits per heavy atom. The molecule has 1 saturated carbocycles. The minimum Gasteiger partial charge on any atom is -0.368 e. The monoisotopic (exact) mass is 324 g/mol. The van der Waals surface area contributed by atoms with Crippen LogP contribution in [0, 0.1) is 5.92 Å². The average Bonchev–Trinajstić information content (AvgIpc) is 2.55. The van der Waals surface area contributed by atoms with Crippen molar-refractivity contribution in [1.29, 1.82) is 0 Å². The third-order valence-electron chi connectivity index (χ3n) is 4.91.